The van der Waals surface area contributed by atoms with Gasteiger partial charge in [-0.05, 0) is 36.4 Å². The van der Waals surface area contributed by atoms with E-state index in [4.69, 9.17) is 11.6 Å². The molecule has 1 amide bonds. The Labute approximate surface area is 118 Å². The molecule has 0 aliphatic carbocycles. The number of nitrogens with zero attached hydrogens (tertiary/aromatic N) is 1. The Morgan fingerprint density at radius 1 is 1.20 bits per heavy atom. The number of hydrogen-bond donors (Lipinski definition) is 1. The molecule has 2 rings (SSSR count). The van der Waals surface area contributed by atoms with E-state index in [1.807, 2.05) is 0 Å². The average molecular weight is 299 g/mol. The molecule has 0 aliphatic heterocycles. The molecule has 7 heteroatoms. The van der Waals surface area contributed by atoms with E-state index in [9.17, 15) is 13.6 Å². The maximum atomic E-state index is 12.0. The summed E-state index contributed by atoms with van der Waals surface area (Å²) in [5.41, 5.74) is 0.295. The highest BCUT2D eigenvalue weighted by atomic mass is 35.5. The van der Waals surface area contributed by atoms with Gasteiger partial charge >= 0.3 is 6.61 Å². The van der Waals surface area contributed by atoms with Crippen LogP contribution in [0.25, 0.3) is 0 Å². The number of anilines is 1. The van der Waals surface area contributed by atoms with Crippen LogP contribution in [0.4, 0.5) is 14.6 Å². The molecule has 1 aromatic carbocycles. The number of amides is 1. The highest BCUT2D eigenvalue weighted by Gasteiger charge is 2.08. The van der Waals surface area contributed by atoms with Gasteiger partial charge in [-0.3, -0.25) is 4.79 Å². The Hall–Kier alpha value is -2.21. The highest BCUT2D eigenvalue weighted by molar-refractivity contribution is 6.30. The summed E-state index contributed by atoms with van der Waals surface area (Å²) in [6.45, 7) is -2.90. The van der Waals surface area contributed by atoms with Crippen LogP contribution in [0.15, 0.2) is 42.6 Å². The number of halogens is 3. The fourth-order valence-corrected chi connectivity index (χ4v) is 1.54. The fraction of sp³-hybridized carbons (Fsp3) is 0.0769. The lowest BCUT2D eigenvalue weighted by atomic mass is 10.2. The van der Waals surface area contributed by atoms with Crippen LogP contribution in [0, 0.1) is 0 Å². The van der Waals surface area contributed by atoms with Crippen LogP contribution in [-0.2, 0) is 0 Å². The van der Waals surface area contributed by atoms with Crippen molar-refractivity contribution in [2.24, 2.45) is 0 Å². The summed E-state index contributed by atoms with van der Waals surface area (Å²) in [7, 11) is 0. The first kappa shape index (κ1) is 14.2. The zero-order valence-electron chi connectivity index (χ0n) is 10.0. The number of carbonyl (C=O) groups excluding carboxylic acids is 1. The molecule has 0 saturated carbocycles. The van der Waals surface area contributed by atoms with E-state index in [-0.39, 0.29) is 5.75 Å². The normalized spacial score (nSPS) is 10.4. The van der Waals surface area contributed by atoms with Crippen molar-refractivity contribution in [2.75, 3.05) is 5.32 Å². The van der Waals surface area contributed by atoms with Gasteiger partial charge in [-0.15, -0.1) is 0 Å². The van der Waals surface area contributed by atoms with Crippen LogP contribution >= 0.6 is 11.6 Å². The summed E-state index contributed by atoms with van der Waals surface area (Å²) >= 11 is 5.67. The quantitative estimate of drug-likeness (QED) is 0.938. The van der Waals surface area contributed by atoms with Crippen molar-refractivity contribution < 1.29 is 18.3 Å². The van der Waals surface area contributed by atoms with Crippen LogP contribution in [-0.4, -0.2) is 17.5 Å². The van der Waals surface area contributed by atoms with Crippen molar-refractivity contribution in [2.45, 2.75) is 6.61 Å². The maximum absolute atomic E-state index is 12.0. The van der Waals surface area contributed by atoms with Crippen LogP contribution in [0.3, 0.4) is 0 Å². The van der Waals surface area contributed by atoms with Crippen molar-refractivity contribution in [3.63, 3.8) is 0 Å². The third-order valence-electron chi connectivity index (χ3n) is 2.31. The maximum Gasteiger partial charge on any atom is 0.387 e. The van der Waals surface area contributed by atoms with Crippen LogP contribution < -0.4 is 10.1 Å². The number of nitrogens with one attached hydrogen (secondary N) is 1. The zero-order chi connectivity index (χ0) is 14.5. The molecule has 104 valence electrons. The number of carbonyl (C=O) groups is 1. The summed E-state index contributed by atoms with van der Waals surface area (Å²) in [5, 5.41) is 3.00. The largest absolute Gasteiger partial charge is 0.435 e. The van der Waals surface area contributed by atoms with E-state index in [1.165, 1.54) is 30.5 Å². The number of aromatic nitrogens is 1. The van der Waals surface area contributed by atoms with E-state index in [0.717, 1.165) is 0 Å². The lowest BCUT2D eigenvalue weighted by molar-refractivity contribution is -0.0498. The van der Waals surface area contributed by atoms with Gasteiger partial charge in [0, 0.05) is 11.8 Å². The smallest absolute Gasteiger partial charge is 0.387 e. The molecular formula is C13H9ClF2N2O2. The number of benzene rings is 1. The SMILES string of the molecule is O=C(Nc1ccc(Cl)cn1)c1ccc(OC(F)F)cc1. The minimum atomic E-state index is -2.90. The van der Waals surface area contributed by atoms with Crippen LogP contribution in [0.1, 0.15) is 10.4 Å². The molecule has 0 radical (unpaired) electrons. The summed E-state index contributed by atoms with van der Waals surface area (Å²) in [6.07, 6.45) is 1.40. The summed E-state index contributed by atoms with van der Waals surface area (Å²) in [6, 6.07) is 8.47. The second-order valence-corrected chi connectivity index (χ2v) is 4.16. The predicted octanol–water partition coefficient (Wildman–Crippen LogP) is 3.59. The molecule has 20 heavy (non-hydrogen) atoms. The lowest BCUT2D eigenvalue weighted by Crippen LogP contribution is -2.12. The standard InChI is InChI=1S/C13H9ClF2N2O2/c14-9-3-6-11(17-7-9)18-12(19)8-1-4-10(5-2-8)20-13(15)16/h1-7,13H,(H,17,18,19). The molecule has 1 N–H and O–H groups in total. The monoisotopic (exact) mass is 298 g/mol. The molecule has 0 fully saturated rings. The molecule has 0 unspecified atom stereocenters. The Morgan fingerprint density at radius 3 is 2.45 bits per heavy atom. The van der Waals surface area contributed by atoms with Crippen molar-refractivity contribution in [1.82, 2.24) is 4.98 Å². The van der Waals surface area contributed by atoms with E-state index < -0.39 is 12.5 Å². The van der Waals surface area contributed by atoms with Crippen LogP contribution in [0.5, 0.6) is 5.75 Å². The summed E-state index contributed by atoms with van der Waals surface area (Å²) < 4.78 is 28.1. The third-order valence-corrected chi connectivity index (χ3v) is 2.53. The molecule has 0 spiro atoms. The first-order valence-electron chi connectivity index (χ1n) is 5.52. The number of alkyl halides is 2. The molecule has 0 atom stereocenters. The summed E-state index contributed by atoms with van der Waals surface area (Å²) in [5.74, 6) is -0.0862. The predicted molar refractivity (Wildman–Crippen MR) is 70.3 cm³/mol. The minimum absolute atomic E-state index is 0.0128. The molecule has 0 aliphatic rings. The van der Waals surface area contributed by atoms with E-state index >= 15 is 0 Å². The van der Waals surface area contributed by atoms with E-state index in [0.29, 0.717) is 16.4 Å². The van der Waals surface area contributed by atoms with Gasteiger partial charge < -0.3 is 10.1 Å². The fourth-order valence-electron chi connectivity index (χ4n) is 1.43. The molecule has 1 aromatic heterocycles. The van der Waals surface area contributed by atoms with Gasteiger partial charge in [0.05, 0.1) is 5.02 Å². The van der Waals surface area contributed by atoms with Gasteiger partial charge in [-0.2, -0.15) is 8.78 Å². The van der Waals surface area contributed by atoms with Crippen molar-refractivity contribution in [1.29, 1.82) is 0 Å². The van der Waals surface area contributed by atoms with E-state index in [1.54, 1.807) is 12.1 Å². The summed E-state index contributed by atoms with van der Waals surface area (Å²) in [4.78, 5) is 15.8. The first-order chi connectivity index (χ1) is 9.54. The molecule has 4 nitrogen and oxygen atoms in total. The van der Waals surface area contributed by atoms with Crippen molar-refractivity contribution in [3.8, 4) is 5.75 Å². The number of hydrogen-bond acceptors (Lipinski definition) is 3. The Kier molecular flexibility index (Phi) is 4.47. The average Bonchev–Trinajstić information content (AvgIpc) is 2.41. The second-order valence-electron chi connectivity index (χ2n) is 3.72. The Morgan fingerprint density at radius 2 is 1.90 bits per heavy atom. The van der Waals surface area contributed by atoms with Crippen molar-refractivity contribution in [3.05, 3.63) is 53.2 Å². The number of pyridine rings is 1. The second kappa shape index (κ2) is 6.29. The Bertz CT molecular complexity index is 588. The third kappa shape index (κ3) is 3.89. The van der Waals surface area contributed by atoms with Gasteiger partial charge in [0.25, 0.3) is 5.91 Å². The lowest BCUT2D eigenvalue weighted by Gasteiger charge is -2.06. The van der Waals surface area contributed by atoms with E-state index in [2.05, 4.69) is 15.0 Å². The van der Waals surface area contributed by atoms with Gasteiger partial charge in [0.1, 0.15) is 11.6 Å². The molecule has 1 heterocycles. The molecular weight excluding hydrogens is 290 g/mol. The molecule has 0 saturated heterocycles. The molecule has 0 bridgehead atoms. The molecule has 2 aromatic rings. The zero-order valence-corrected chi connectivity index (χ0v) is 10.8. The van der Waals surface area contributed by atoms with Gasteiger partial charge in [-0.1, -0.05) is 11.6 Å². The van der Waals surface area contributed by atoms with Gasteiger partial charge in [0.2, 0.25) is 0 Å². The number of ether oxygens (including phenoxy) is 1. The number of rotatable bonds is 4. The highest BCUT2D eigenvalue weighted by Crippen LogP contribution is 2.16. The van der Waals surface area contributed by atoms with Crippen LogP contribution in [0.2, 0.25) is 5.02 Å². The van der Waals surface area contributed by atoms with Crippen molar-refractivity contribution >= 4 is 23.3 Å². The van der Waals surface area contributed by atoms with Gasteiger partial charge in [-0.25, -0.2) is 4.98 Å². The van der Waals surface area contributed by atoms with Gasteiger partial charge in [0.15, 0.2) is 0 Å². The minimum Gasteiger partial charge on any atom is -0.435 e. The first-order valence-corrected chi connectivity index (χ1v) is 5.90. The Balaban J connectivity index is 2.03. The topological polar surface area (TPSA) is 51.2 Å².